The lowest BCUT2D eigenvalue weighted by atomic mass is 10.1. The highest BCUT2D eigenvalue weighted by atomic mass is 31.2. The normalized spacial score (nSPS) is 14.5. The van der Waals surface area contributed by atoms with Gasteiger partial charge in [0.05, 0.1) is 19.8 Å². The molecule has 0 aromatic rings. The lowest BCUT2D eigenvalue weighted by Crippen LogP contribution is -2.30. The van der Waals surface area contributed by atoms with Crippen molar-refractivity contribution in [1.29, 1.82) is 0 Å². The van der Waals surface area contributed by atoms with Crippen molar-refractivity contribution in [3.05, 3.63) is 170 Å². The molecule has 0 bridgehead atoms. The van der Waals surface area contributed by atoms with Gasteiger partial charge in [-0.2, -0.15) is 0 Å². The van der Waals surface area contributed by atoms with Crippen molar-refractivity contribution in [2.24, 2.45) is 0 Å². The Kier molecular flexibility index (Phi) is 58.0. The number of aliphatic hydroxyl groups is 1. The van der Waals surface area contributed by atoms with Crippen LogP contribution in [0.3, 0.4) is 0 Å². The molecule has 0 aliphatic rings. The second-order valence-corrected chi connectivity index (χ2v) is 21.2. The highest BCUT2D eigenvalue weighted by Crippen LogP contribution is 2.43. The van der Waals surface area contributed by atoms with E-state index in [1.807, 2.05) is 12.2 Å². The molecule has 0 rings (SSSR count). The van der Waals surface area contributed by atoms with Crippen molar-refractivity contribution >= 4 is 25.7 Å². The lowest BCUT2D eigenvalue weighted by Gasteiger charge is -2.21. The number of carbonyl (C=O) groups is 3. The van der Waals surface area contributed by atoms with E-state index in [1.165, 1.54) is 6.42 Å². The van der Waals surface area contributed by atoms with Gasteiger partial charge in [-0.25, -0.2) is 4.57 Å². The van der Waals surface area contributed by atoms with Gasteiger partial charge >= 0.3 is 25.7 Å². The summed E-state index contributed by atoms with van der Waals surface area (Å²) in [5.41, 5.74) is 0. The van der Waals surface area contributed by atoms with Crippen LogP contribution in [-0.4, -0.2) is 66.5 Å². The molecule has 0 amide bonds. The largest absolute Gasteiger partial charge is 0.472 e. The Morgan fingerprint density at radius 2 is 0.622 bits per heavy atom. The maximum absolute atomic E-state index is 12.9. The summed E-state index contributed by atoms with van der Waals surface area (Å²) in [5, 5.41) is 9.85. The Morgan fingerprint density at radius 3 is 1.00 bits per heavy atom. The molecule has 0 saturated heterocycles. The zero-order valence-electron chi connectivity index (χ0n) is 50.9. The number of esters is 3. The Bertz CT molecular complexity index is 2030. The number of phosphoric acid groups is 1. The third kappa shape index (κ3) is 59.5. The molecule has 0 aliphatic carbocycles. The van der Waals surface area contributed by atoms with E-state index in [9.17, 15) is 28.9 Å². The quantitative estimate of drug-likeness (QED) is 0.0197. The highest BCUT2D eigenvalue weighted by molar-refractivity contribution is 7.47. The Morgan fingerprint density at radius 1 is 0.341 bits per heavy atom. The van der Waals surface area contributed by atoms with E-state index in [1.54, 1.807) is 0 Å². The van der Waals surface area contributed by atoms with Crippen LogP contribution in [0.25, 0.3) is 0 Å². The molecule has 0 aromatic heterocycles. The maximum atomic E-state index is 12.9. The molecule has 0 aliphatic heterocycles. The van der Waals surface area contributed by atoms with Crippen molar-refractivity contribution < 1.29 is 52.2 Å². The average Bonchev–Trinajstić information content (AvgIpc) is 3.50. The van der Waals surface area contributed by atoms with Crippen molar-refractivity contribution in [3.8, 4) is 0 Å². The topological polar surface area (TPSA) is 155 Å². The number of unbranched alkanes of at least 4 members (excludes halogenated alkanes) is 10. The molecule has 0 aromatic carbocycles. The average molecular weight is 1160 g/mol. The predicted octanol–water partition coefficient (Wildman–Crippen LogP) is 19.0. The van der Waals surface area contributed by atoms with E-state index in [4.69, 9.17) is 23.3 Å². The first-order valence-corrected chi connectivity index (χ1v) is 32.5. The van der Waals surface area contributed by atoms with Gasteiger partial charge in [0.25, 0.3) is 0 Å². The van der Waals surface area contributed by atoms with Crippen LogP contribution in [0.2, 0.25) is 0 Å². The van der Waals surface area contributed by atoms with Gasteiger partial charge in [0.15, 0.2) is 6.10 Å². The third-order valence-electron chi connectivity index (χ3n) is 12.1. The van der Waals surface area contributed by atoms with Gasteiger partial charge in [0, 0.05) is 19.3 Å². The van der Waals surface area contributed by atoms with E-state index in [0.29, 0.717) is 25.7 Å². The summed E-state index contributed by atoms with van der Waals surface area (Å²) in [6.45, 7) is 4.16. The van der Waals surface area contributed by atoms with Crippen LogP contribution in [0.4, 0.5) is 0 Å². The molecular formula is C70H109O11P. The molecule has 0 heterocycles. The van der Waals surface area contributed by atoms with Gasteiger partial charge < -0.3 is 24.2 Å². The number of hydrogen-bond donors (Lipinski definition) is 2. The third-order valence-corrected chi connectivity index (χ3v) is 13.1. The van der Waals surface area contributed by atoms with E-state index in [0.717, 1.165) is 141 Å². The van der Waals surface area contributed by atoms with E-state index in [-0.39, 0.29) is 19.3 Å². The molecule has 82 heavy (non-hydrogen) atoms. The molecule has 3 atom stereocenters. The van der Waals surface area contributed by atoms with Gasteiger partial charge in [-0.05, 0) is 135 Å². The number of aliphatic hydroxyl groups excluding tert-OH is 1. The first kappa shape index (κ1) is 76.8. The van der Waals surface area contributed by atoms with Crippen LogP contribution < -0.4 is 0 Å². The number of rotatable bonds is 55. The fourth-order valence-corrected chi connectivity index (χ4v) is 8.32. The SMILES string of the molecule is CC/C=C\C/C=C\C/C=C\C/C=C\C/C=C\C/C=C\CCC(=O)OC(COC(=O)CCCCC/C=C\C/C=C\C/C=C\C/C=C\C/C=C\CC)COP(=O)(O)OCC(CO)OC(=O)CCCCCCCCC/C=C\C/C=C\C/C=C\CC. The second-order valence-electron chi connectivity index (χ2n) is 19.7. The fraction of sp³-hybridized carbons (Fsp3) is 0.557. The summed E-state index contributed by atoms with van der Waals surface area (Å²) < 4.78 is 39.5. The lowest BCUT2D eigenvalue weighted by molar-refractivity contribution is -0.161. The van der Waals surface area contributed by atoms with Crippen LogP contribution in [0.15, 0.2) is 170 Å². The highest BCUT2D eigenvalue weighted by Gasteiger charge is 2.28. The summed E-state index contributed by atoms with van der Waals surface area (Å²) in [6.07, 6.45) is 83.2. The van der Waals surface area contributed by atoms with Gasteiger partial charge in [0.2, 0.25) is 0 Å². The second kappa shape index (κ2) is 61.9. The van der Waals surface area contributed by atoms with E-state index >= 15 is 0 Å². The Hall–Kier alpha value is -5.16. The summed E-state index contributed by atoms with van der Waals surface area (Å²) in [5.74, 6) is -1.64. The number of phosphoric ester groups is 1. The minimum absolute atomic E-state index is 0.0238. The molecule has 3 unspecified atom stereocenters. The standard InChI is InChI=1S/C70H109O11P/c1-4-7-10-13-16-19-22-25-28-31-33-36-38-41-44-47-50-53-56-59-68(72)77-63-67(81-70(74)61-58-55-52-49-46-43-40-37-34-32-29-26-23-20-17-14-11-8-5-2)65-79-82(75,76)78-64-66(62-71)80-69(73)60-57-54-51-48-45-42-39-35-30-27-24-21-18-15-12-9-6-3/h7-12,16-21,25-30,33-34,36-37,41,43-44,46,52,55,66-67,71H,4-6,13-15,22-24,31-32,35,38-40,42,45,47-51,53-54,56-65H2,1-3H3,(H,75,76)/b10-7-,11-8-,12-9-,19-16-,20-17-,21-18-,28-25-,29-26-,30-27-,36-33-,37-34-,44-41-,46-43-,55-52-. The first-order valence-electron chi connectivity index (χ1n) is 31.0. The Labute approximate surface area is 497 Å². The monoisotopic (exact) mass is 1160 g/mol. The minimum Gasteiger partial charge on any atom is -0.462 e. The molecule has 0 spiro atoms. The molecular weight excluding hydrogens is 1050 g/mol. The van der Waals surface area contributed by atoms with Crippen LogP contribution in [0.5, 0.6) is 0 Å². The minimum atomic E-state index is -4.80. The van der Waals surface area contributed by atoms with Gasteiger partial charge in [-0.15, -0.1) is 0 Å². The molecule has 0 fully saturated rings. The smallest absolute Gasteiger partial charge is 0.462 e. The first-order chi connectivity index (χ1) is 40.2. The van der Waals surface area contributed by atoms with Crippen molar-refractivity contribution in [2.75, 3.05) is 26.4 Å². The number of hydrogen-bond acceptors (Lipinski definition) is 10. The molecule has 2 N–H and O–H groups in total. The Balaban J connectivity index is 4.91. The molecule has 460 valence electrons. The fourth-order valence-electron chi connectivity index (χ4n) is 7.54. The van der Waals surface area contributed by atoms with Crippen LogP contribution >= 0.6 is 7.82 Å². The summed E-state index contributed by atoms with van der Waals surface area (Å²) in [6, 6.07) is 0. The zero-order valence-corrected chi connectivity index (χ0v) is 51.8. The van der Waals surface area contributed by atoms with E-state index in [2.05, 4.69) is 179 Å². The molecule has 0 saturated carbocycles. The van der Waals surface area contributed by atoms with Crippen LogP contribution in [0.1, 0.15) is 213 Å². The summed E-state index contributed by atoms with van der Waals surface area (Å²) in [4.78, 5) is 48.7. The summed E-state index contributed by atoms with van der Waals surface area (Å²) in [7, 11) is -4.80. The number of allylic oxidation sites excluding steroid dienone is 28. The van der Waals surface area contributed by atoms with Gasteiger partial charge in [-0.3, -0.25) is 23.4 Å². The number of ether oxygens (including phenoxy) is 3. The van der Waals surface area contributed by atoms with Crippen molar-refractivity contribution in [1.82, 2.24) is 0 Å². The predicted molar refractivity (Wildman–Crippen MR) is 343 cm³/mol. The number of carbonyl (C=O) groups excluding carboxylic acids is 3. The van der Waals surface area contributed by atoms with E-state index < -0.39 is 64.4 Å². The molecule has 12 heteroatoms. The van der Waals surface area contributed by atoms with Gasteiger partial charge in [0.1, 0.15) is 12.7 Å². The van der Waals surface area contributed by atoms with Crippen LogP contribution in [0, 0.1) is 0 Å². The van der Waals surface area contributed by atoms with Gasteiger partial charge in [-0.1, -0.05) is 229 Å². The molecule has 0 radical (unpaired) electrons. The van der Waals surface area contributed by atoms with Crippen molar-refractivity contribution in [3.63, 3.8) is 0 Å². The van der Waals surface area contributed by atoms with Crippen LogP contribution in [-0.2, 0) is 42.2 Å². The van der Waals surface area contributed by atoms with Crippen molar-refractivity contribution in [2.45, 2.75) is 226 Å². The maximum Gasteiger partial charge on any atom is 0.472 e. The molecule has 11 nitrogen and oxygen atoms in total. The summed E-state index contributed by atoms with van der Waals surface area (Å²) >= 11 is 0. The zero-order chi connectivity index (χ0) is 59.8.